The van der Waals surface area contributed by atoms with Crippen LogP contribution < -0.4 is 5.73 Å². The van der Waals surface area contributed by atoms with Gasteiger partial charge in [0.15, 0.2) is 5.92 Å². The molecule has 0 heterocycles. The molecule has 0 radical (unpaired) electrons. The van der Waals surface area contributed by atoms with Crippen molar-refractivity contribution in [2.75, 3.05) is 5.73 Å². The molecule has 2 N–H and O–H groups in total. The van der Waals surface area contributed by atoms with Crippen molar-refractivity contribution >= 4 is 5.69 Å². The molecule has 0 aliphatic rings. The first-order valence-corrected chi connectivity index (χ1v) is 4.53. The quantitative estimate of drug-likeness (QED) is 0.601. The number of hydrogen-bond acceptors (Lipinski definition) is 1. The Morgan fingerprint density at radius 2 is 1.47 bits per heavy atom. The second kappa shape index (κ2) is 4.12. The Labute approximate surface area is 93.2 Å². The van der Waals surface area contributed by atoms with Gasteiger partial charge in [-0.1, -0.05) is 12.1 Å². The van der Waals surface area contributed by atoms with Gasteiger partial charge in [-0.3, -0.25) is 0 Å². The first-order valence-electron chi connectivity index (χ1n) is 4.53. The van der Waals surface area contributed by atoms with E-state index in [1.165, 1.54) is 6.92 Å². The van der Waals surface area contributed by atoms with E-state index in [0.29, 0.717) is 11.6 Å². The minimum absolute atomic E-state index is 0.0963. The number of alkyl halides is 6. The van der Waals surface area contributed by atoms with E-state index < -0.39 is 23.8 Å². The fourth-order valence-electron chi connectivity index (χ4n) is 1.40. The Balaban J connectivity index is 3.29. The van der Waals surface area contributed by atoms with E-state index in [0.717, 1.165) is 12.1 Å². The summed E-state index contributed by atoms with van der Waals surface area (Å²) in [6.45, 7) is 1.50. The molecule has 0 bridgehead atoms. The van der Waals surface area contributed by atoms with Crippen molar-refractivity contribution in [2.24, 2.45) is 0 Å². The summed E-state index contributed by atoms with van der Waals surface area (Å²) < 4.78 is 74.2. The predicted molar refractivity (Wildman–Crippen MR) is 50.4 cm³/mol. The van der Waals surface area contributed by atoms with Crippen LogP contribution in [0.1, 0.15) is 17.0 Å². The molecule has 0 aromatic heterocycles. The summed E-state index contributed by atoms with van der Waals surface area (Å²) in [5.74, 6) is -3.50. The molecule has 0 unspecified atom stereocenters. The largest absolute Gasteiger partial charge is 0.404 e. The Hall–Kier alpha value is -1.40. The average Bonchev–Trinajstić information content (AvgIpc) is 2.06. The Bertz CT molecular complexity index is 392. The first kappa shape index (κ1) is 13.7. The fourth-order valence-corrected chi connectivity index (χ4v) is 1.40. The zero-order valence-electron chi connectivity index (χ0n) is 8.65. The lowest BCUT2D eigenvalue weighted by Gasteiger charge is -2.23. The summed E-state index contributed by atoms with van der Waals surface area (Å²) >= 11 is 0. The van der Waals surface area contributed by atoms with Gasteiger partial charge >= 0.3 is 12.4 Å². The van der Waals surface area contributed by atoms with Gasteiger partial charge in [0.25, 0.3) is 0 Å². The minimum Gasteiger partial charge on any atom is -0.399 e. The predicted octanol–water partition coefficient (Wildman–Crippen LogP) is 3.79. The first-order chi connectivity index (χ1) is 7.53. The van der Waals surface area contributed by atoms with E-state index in [1.54, 1.807) is 0 Å². The van der Waals surface area contributed by atoms with E-state index in [2.05, 4.69) is 0 Å². The van der Waals surface area contributed by atoms with Crippen molar-refractivity contribution in [1.29, 1.82) is 0 Å². The van der Waals surface area contributed by atoms with Crippen molar-refractivity contribution in [3.05, 3.63) is 29.3 Å². The number of anilines is 1. The molecule has 0 saturated heterocycles. The number of rotatable bonds is 1. The van der Waals surface area contributed by atoms with E-state index in [9.17, 15) is 26.3 Å². The Morgan fingerprint density at radius 1 is 1.00 bits per heavy atom. The highest BCUT2D eigenvalue weighted by Gasteiger charge is 2.57. The summed E-state index contributed by atoms with van der Waals surface area (Å²) in [6, 6.07) is 2.63. The second-order valence-corrected chi connectivity index (χ2v) is 3.63. The molecule has 7 heteroatoms. The average molecular weight is 257 g/mol. The lowest BCUT2D eigenvalue weighted by atomic mass is 9.96. The SMILES string of the molecule is Cc1ccc(C(C(F)(F)F)C(F)(F)F)cc1N. The monoisotopic (exact) mass is 257 g/mol. The van der Waals surface area contributed by atoms with Gasteiger partial charge in [0.1, 0.15) is 0 Å². The standard InChI is InChI=1S/C10H9F6N/c1-5-2-3-6(4-7(5)17)8(9(11,12)13)10(14,15)16/h2-4,8H,17H2,1H3. The molecule has 0 aliphatic carbocycles. The van der Waals surface area contributed by atoms with Gasteiger partial charge in [0.2, 0.25) is 0 Å². The van der Waals surface area contributed by atoms with Gasteiger partial charge in [-0.25, -0.2) is 0 Å². The molecule has 1 rings (SSSR count). The van der Waals surface area contributed by atoms with E-state index >= 15 is 0 Å². The van der Waals surface area contributed by atoms with Gasteiger partial charge in [0, 0.05) is 5.69 Å². The normalized spacial score (nSPS) is 13.2. The molecule has 0 atom stereocenters. The van der Waals surface area contributed by atoms with Crippen LogP contribution in [-0.2, 0) is 0 Å². The van der Waals surface area contributed by atoms with Gasteiger partial charge in [-0.15, -0.1) is 0 Å². The van der Waals surface area contributed by atoms with E-state index in [4.69, 9.17) is 5.73 Å². The molecule has 96 valence electrons. The molecule has 1 aromatic rings. The number of aryl methyl sites for hydroxylation is 1. The lowest BCUT2D eigenvalue weighted by molar-refractivity contribution is -0.253. The highest BCUT2D eigenvalue weighted by atomic mass is 19.4. The Kier molecular flexibility index (Phi) is 3.31. The molecule has 1 nitrogen and oxygen atoms in total. The van der Waals surface area contributed by atoms with Crippen molar-refractivity contribution in [1.82, 2.24) is 0 Å². The van der Waals surface area contributed by atoms with Gasteiger partial charge < -0.3 is 5.73 Å². The number of benzene rings is 1. The molecular weight excluding hydrogens is 248 g/mol. The zero-order valence-corrected chi connectivity index (χ0v) is 8.65. The van der Waals surface area contributed by atoms with Crippen molar-refractivity contribution in [3.63, 3.8) is 0 Å². The van der Waals surface area contributed by atoms with Crippen LogP contribution in [0.3, 0.4) is 0 Å². The molecule has 0 aliphatic heterocycles. The van der Waals surface area contributed by atoms with Crippen molar-refractivity contribution < 1.29 is 26.3 Å². The van der Waals surface area contributed by atoms with Crippen molar-refractivity contribution in [2.45, 2.75) is 25.2 Å². The van der Waals surface area contributed by atoms with Crippen LogP contribution in [0.15, 0.2) is 18.2 Å². The zero-order chi connectivity index (χ0) is 13.4. The molecular formula is C10H9F6N. The van der Waals surface area contributed by atoms with E-state index in [-0.39, 0.29) is 5.69 Å². The van der Waals surface area contributed by atoms with Gasteiger partial charge in [-0.05, 0) is 24.1 Å². The maximum Gasteiger partial charge on any atom is 0.404 e. The molecule has 0 saturated carbocycles. The number of hydrogen-bond donors (Lipinski definition) is 1. The van der Waals surface area contributed by atoms with Crippen LogP contribution in [0, 0.1) is 6.92 Å². The van der Waals surface area contributed by atoms with Gasteiger partial charge in [0.05, 0.1) is 0 Å². The van der Waals surface area contributed by atoms with E-state index in [1.807, 2.05) is 0 Å². The highest BCUT2D eigenvalue weighted by Crippen LogP contribution is 2.46. The second-order valence-electron chi connectivity index (χ2n) is 3.63. The summed E-state index contributed by atoms with van der Waals surface area (Å²) in [5.41, 5.74) is 4.75. The van der Waals surface area contributed by atoms with Crippen LogP contribution in [0.5, 0.6) is 0 Å². The lowest BCUT2D eigenvalue weighted by Crippen LogP contribution is -2.34. The van der Waals surface area contributed by atoms with Gasteiger partial charge in [-0.2, -0.15) is 26.3 Å². The summed E-state index contributed by atoms with van der Waals surface area (Å²) in [5, 5.41) is 0. The molecule has 17 heavy (non-hydrogen) atoms. The number of halogens is 6. The third kappa shape index (κ3) is 3.04. The summed E-state index contributed by atoms with van der Waals surface area (Å²) in [6.07, 6.45) is -10.8. The van der Waals surface area contributed by atoms with Crippen molar-refractivity contribution in [3.8, 4) is 0 Å². The van der Waals surface area contributed by atoms with Crippen LogP contribution in [0.25, 0.3) is 0 Å². The number of nitrogens with two attached hydrogens (primary N) is 1. The maximum atomic E-state index is 12.4. The summed E-state index contributed by atoms with van der Waals surface area (Å²) in [7, 11) is 0. The molecule has 0 spiro atoms. The summed E-state index contributed by atoms with van der Waals surface area (Å²) in [4.78, 5) is 0. The molecule has 0 fully saturated rings. The van der Waals surface area contributed by atoms with Crippen LogP contribution >= 0.6 is 0 Å². The van der Waals surface area contributed by atoms with Crippen LogP contribution in [-0.4, -0.2) is 12.4 Å². The van der Waals surface area contributed by atoms with Crippen LogP contribution in [0.4, 0.5) is 32.0 Å². The topological polar surface area (TPSA) is 26.0 Å². The number of nitrogen functional groups attached to an aromatic ring is 1. The fraction of sp³-hybridized carbons (Fsp3) is 0.400. The Morgan fingerprint density at radius 3 is 1.82 bits per heavy atom. The smallest absolute Gasteiger partial charge is 0.399 e. The third-order valence-corrected chi connectivity index (χ3v) is 2.29. The molecule has 1 aromatic carbocycles. The molecule has 0 amide bonds. The third-order valence-electron chi connectivity index (χ3n) is 2.29. The maximum absolute atomic E-state index is 12.4. The minimum atomic E-state index is -5.39. The highest BCUT2D eigenvalue weighted by molar-refractivity contribution is 5.49. The van der Waals surface area contributed by atoms with Crippen LogP contribution in [0.2, 0.25) is 0 Å².